The summed E-state index contributed by atoms with van der Waals surface area (Å²) in [4.78, 5) is 6.76. The molecule has 0 bridgehead atoms. The Labute approximate surface area is 191 Å². The predicted molar refractivity (Wildman–Crippen MR) is 126 cm³/mol. The number of hydrogen-bond acceptors (Lipinski definition) is 6. The Morgan fingerprint density at radius 3 is 2.45 bits per heavy atom. The zero-order valence-electron chi connectivity index (χ0n) is 17.7. The molecule has 1 aliphatic rings. The van der Waals surface area contributed by atoms with Gasteiger partial charge in [-0.1, -0.05) is 12.1 Å². The van der Waals surface area contributed by atoms with Crippen LogP contribution in [0.3, 0.4) is 0 Å². The molecular weight excluding hydrogens is 487 g/mol. The normalized spacial score (nSPS) is 16.0. The number of halogens is 1. The van der Waals surface area contributed by atoms with Gasteiger partial charge in [0, 0.05) is 40.3 Å². The molecule has 0 aromatic heterocycles. The van der Waals surface area contributed by atoms with Crippen LogP contribution in [0.4, 0.5) is 0 Å². The fourth-order valence-corrected chi connectivity index (χ4v) is 3.07. The molecule has 8 nitrogen and oxygen atoms in total. The van der Waals surface area contributed by atoms with Crippen LogP contribution in [0, 0.1) is 0 Å². The van der Waals surface area contributed by atoms with Crippen LogP contribution >= 0.6 is 24.0 Å². The van der Waals surface area contributed by atoms with Crippen LogP contribution in [-0.4, -0.2) is 91.3 Å². The molecule has 0 radical (unpaired) electrons. The van der Waals surface area contributed by atoms with Crippen molar-refractivity contribution in [3.05, 3.63) is 29.8 Å². The van der Waals surface area contributed by atoms with E-state index in [0.717, 1.165) is 44.6 Å². The van der Waals surface area contributed by atoms with Gasteiger partial charge in [-0.3, -0.25) is 9.89 Å². The van der Waals surface area contributed by atoms with E-state index in [4.69, 9.17) is 18.9 Å². The number of rotatable bonds is 11. The van der Waals surface area contributed by atoms with Crippen molar-refractivity contribution < 1.29 is 18.9 Å². The molecular formula is C20H35IN4O4. The molecule has 1 aromatic carbocycles. The molecule has 0 spiro atoms. The maximum absolute atomic E-state index is 5.52. The lowest BCUT2D eigenvalue weighted by molar-refractivity contribution is 0.0170. The molecule has 29 heavy (non-hydrogen) atoms. The zero-order chi connectivity index (χ0) is 20.0. The number of nitrogens with zero attached hydrogens (tertiary/aromatic N) is 2. The van der Waals surface area contributed by atoms with Crippen molar-refractivity contribution in [2.24, 2.45) is 4.99 Å². The van der Waals surface area contributed by atoms with Gasteiger partial charge in [-0.25, -0.2) is 0 Å². The number of hydrogen-bond donors (Lipinski definition) is 2. The number of aliphatic imine (C=N–C) groups is 1. The summed E-state index contributed by atoms with van der Waals surface area (Å²) in [6.07, 6.45) is 0. The van der Waals surface area contributed by atoms with E-state index in [2.05, 4.69) is 32.7 Å². The van der Waals surface area contributed by atoms with Crippen molar-refractivity contribution in [1.29, 1.82) is 0 Å². The lowest BCUT2D eigenvalue weighted by Gasteiger charge is -2.35. The number of benzene rings is 1. The average molecular weight is 522 g/mol. The highest BCUT2D eigenvalue weighted by atomic mass is 127. The van der Waals surface area contributed by atoms with Crippen LogP contribution in [0.25, 0.3) is 0 Å². The van der Waals surface area contributed by atoms with Crippen molar-refractivity contribution >= 4 is 29.9 Å². The van der Waals surface area contributed by atoms with Crippen LogP contribution in [0.5, 0.6) is 5.75 Å². The first-order valence-corrected chi connectivity index (χ1v) is 9.75. The van der Waals surface area contributed by atoms with Gasteiger partial charge < -0.3 is 29.6 Å². The fourth-order valence-electron chi connectivity index (χ4n) is 3.07. The number of morpholine rings is 1. The first-order chi connectivity index (χ1) is 13.8. The van der Waals surface area contributed by atoms with Crippen molar-refractivity contribution in [2.75, 3.05) is 80.5 Å². The Kier molecular flexibility index (Phi) is 14.0. The highest BCUT2D eigenvalue weighted by Gasteiger charge is 2.23. The van der Waals surface area contributed by atoms with Crippen LogP contribution < -0.4 is 15.4 Å². The molecule has 1 heterocycles. The SMILES string of the molecule is CN=C(NCCOCCOC)NCC(c1ccc(OC)cc1)N1CCOCC1.I. The van der Waals surface area contributed by atoms with Crippen molar-refractivity contribution in [1.82, 2.24) is 15.5 Å². The van der Waals surface area contributed by atoms with Crippen molar-refractivity contribution in [3.63, 3.8) is 0 Å². The first kappa shape index (κ1) is 25.9. The van der Waals surface area contributed by atoms with E-state index in [1.807, 2.05) is 12.1 Å². The minimum Gasteiger partial charge on any atom is -0.497 e. The van der Waals surface area contributed by atoms with E-state index in [-0.39, 0.29) is 30.0 Å². The van der Waals surface area contributed by atoms with Gasteiger partial charge in [0.1, 0.15) is 5.75 Å². The number of methoxy groups -OCH3 is 2. The third kappa shape index (κ3) is 9.47. The molecule has 1 saturated heterocycles. The Bertz CT molecular complexity index is 568. The summed E-state index contributed by atoms with van der Waals surface area (Å²) in [5, 5.41) is 6.73. The van der Waals surface area contributed by atoms with Crippen LogP contribution in [0.15, 0.2) is 29.3 Å². The zero-order valence-corrected chi connectivity index (χ0v) is 20.0. The molecule has 1 aliphatic heterocycles. The van der Waals surface area contributed by atoms with Gasteiger partial charge in [0.05, 0.1) is 46.2 Å². The largest absolute Gasteiger partial charge is 0.497 e. The van der Waals surface area contributed by atoms with Gasteiger partial charge in [-0.05, 0) is 17.7 Å². The highest BCUT2D eigenvalue weighted by Crippen LogP contribution is 2.23. The van der Waals surface area contributed by atoms with Gasteiger partial charge in [0.15, 0.2) is 5.96 Å². The summed E-state index contributed by atoms with van der Waals surface area (Å²) >= 11 is 0. The maximum atomic E-state index is 5.52. The number of nitrogens with one attached hydrogen (secondary N) is 2. The third-order valence-corrected chi connectivity index (χ3v) is 4.64. The van der Waals surface area contributed by atoms with Gasteiger partial charge in [0.25, 0.3) is 0 Å². The topological polar surface area (TPSA) is 76.6 Å². The predicted octanol–water partition coefficient (Wildman–Crippen LogP) is 1.51. The van der Waals surface area contributed by atoms with Crippen molar-refractivity contribution in [2.45, 2.75) is 6.04 Å². The fraction of sp³-hybridized carbons (Fsp3) is 0.650. The van der Waals surface area contributed by atoms with Crippen molar-refractivity contribution in [3.8, 4) is 5.75 Å². The summed E-state index contributed by atoms with van der Waals surface area (Å²) in [6, 6.07) is 8.49. The maximum Gasteiger partial charge on any atom is 0.191 e. The number of ether oxygens (including phenoxy) is 4. The second-order valence-corrected chi connectivity index (χ2v) is 6.42. The lowest BCUT2D eigenvalue weighted by Crippen LogP contribution is -2.46. The molecule has 0 amide bonds. The summed E-state index contributed by atoms with van der Waals surface area (Å²) in [6.45, 7) is 6.60. The molecule has 0 aliphatic carbocycles. The molecule has 166 valence electrons. The van der Waals surface area contributed by atoms with Crippen LogP contribution in [0.2, 0.25) is 0 Å². The first-order valence-electron chi connectivity index (χ1n) is 9.75. The van der Waals surface area contributed by atoms with Gasteiger partial charge in [-0.15, -0.1) is 24.0 Å². The van der Waals surface area contributed by atoms with E-state index in [0.29, 0.717) is 26.4 Å². The molecule has 1 atom stereocenters. The second kappa shape index (κ2) is 15.7. The van der Waals surface area contributed by atoms with Crippen LogP contribution in [0.1, 0.15) is 11.6 Å². The van der Waals surface area contributed by atoms with Gasteiger partial charge >= 0.3 is 0 Å². The molecule has 9 heteroatoms. The second-order valence-electron chi connectivity index (χ2n) is 6.42. The molecule has 1 aromatic rings. The minimum atomic E-state index is 0. The van der Waals surface area contributed by atoms with E-state index in [1.54, 1.807) is 21.3 Å². The number of guanidine groups is 1. The molecule has 2 N–H and O–H groups in total. The Morgan fingerprint density at radius 2 is 1.83 bits per heavy atom. The Hall–Kier alpha value is -1.14. The Morgan fingerprint density at radius 1 is 1.10 bits per heavy atom. The summed E-state index contributed by atoms with van der Waals surface area (Å²) < 4.78 is 21.3. The standard InChI is InChI=1S/C20H34N4O4.HI/c1-21-20(22-8-11-27-15-14-25-2)23-16-19(24-9-12-28-13-10-24)17-4-6-18(26-3)7-5-17;/h4-7,19H,8-16H2,1-3H3,(H2,21,22,23);1H. The summed E-state index contributed by atoms with van der Waals surface area (Å²) in [5.41, 5.74) is 1.24. The van der Waals surface area contributed by atoms with Gasteiger partial charge in [-0.2, -0.15) is 0 Å². The average Bonchev–Trinajstić information content (AvgIpc) is 2.76. The smallest absolute Gasteiger partial charge is 0.191 e. The quantitative estimate of drug-likeness (QED) is 0.198. The Balaban J connectivity index is 0.00000420. The molecule has 1 fully saturated rings. The summed E-state index contributed by atoms with van der Waals surface area (Å²) in [5.74, 6) is 1.63. The highest BCUT2D eigenvalue weighted by molar-refractivity contribution is 14.0. The van der Waals surface area contributed by atoms with Crippen LogP contribution in [-0.2, 0) is 14.2 Å². The lowest BCUT2D eigenvalue weighted by atomic mass is 10.0. The van der Waals surface area contributed by atoms with E-state index in [9.17, 15) is 0 Å². The monoisotopic (exact) mass is 522 g/mol. The molecule has 2 rings (SSSR count). The van der Waals surface area contributed by atoms with Gasteiger partial charge in [0.2, 0.25) is 0 Å². The minimum absolute atomic E-state index is 0. The van der Waals surface area contributed by atoms with E-state index < -0.39 is 0 Å². The van der Waals surface area contributed by atoms with E-state index >= 15 is 0 Å². The molecule has 0 saturated carbocycles. The summed E-state index contributed by atoms with van der Waals surface area (Å²) in [7, 11) is 5.13. The van der Waals surface area contributed by atoms with E-state index in [1.165, 1.54) is 5.56 Å². The molecule has 1 unspecified atom stereocenters. The third-order valence-electron chi connectivity index (χ3n) is 4.64.